The number of hydrogen-bond acceptors (Lipinski definition) is 5. The van der Waals surface area contributed by atoms with Crippen molar-refractivity contribution in [2.75, 3.05) is 27.9 Å². The topological polar surface area (TPSA) is 82.8 Å². The molecule has 0 bridgehead atoms. The summed E-state index contributed by atoms with van der Waals surface area (Å²) >= 11 is 0. The van der Waals surface area contributed by atoms with Crippen molar-refractivity contribution >= 4 is 5.91 Å². The fourth-order valence-corrected chi connectivity index (χ4v) is 3.55. The lowest BCUT2D eigenvalue weighted by Crippen LogP contribution is -2.53. The van der Waals surface area contributed by atoms with Gasteiger partial charge in [-0.1, -0.05) is 12.8 Å². The zero-order valence-electron chi connectivity index (χ0n) is 15.7. The van der Waals surface area contributed by atoms with Crippen molar-refractivity contribution in [1.82, 2.24) is 5.32 Å². The van der Waals surface area contributed by atoms with Gasteiger partial charge in [-0.05, 0) is 26.2 Å². The molecule has 25 heavy (non-hydrogen) atoms. The van der Waals surface area contributed by atoms with Crippen LogP contribution in [0.5, 0.6) is 17.2 Å². The molecule has 2 rings (SSSR count). The summed E-state index contributed by atoms with van der Waals surface area (Å²) in [7, 11) is 4.82. The van der Waals surface area contributed by atoms with Gasteiger partial charge in [-0.25, -0.2) is 0 Å². The molecule has 1 fully saturated rings. The van der Waals surface area contributed by atoms with Crippen LogP contribution in [0, 0.1) is 5.92 Å². The minimum Gasteiger partial charge on any atom is -0.496 e. The van der Waals surface area contributed by atoms with Crippen LogP contribution in [0.15, 0.2) is 12.1 Å². The van der Waals surface area contributed by atoms with E-state index < -0.39 is 5.54 Å². The molecular formula is C19H30N2O4. The standard InChI is InChI=1S/C19H30N2O4/c1-19(20)9-6-5-7-15(19)18(22)21-10-8-14-16(24-3)11-13(23-2)12-17(14)25-4/h11-12,15H,5-10,20H2,1-4H3,(H,21,22). The van der Waals surface area contributed by atoms with Crippen molar-refractivity contribution in [2.45, 2.75) is 44.6 Å². The first-order valence-corrected chi connectivity index (χ1v) is 8.78. The minimum atomic E-state index is -0.419. The SMILES string of the molecule is COc1cc(OC)c(CCNC(=O)C2CCCCC2(C)N)c(OC)c1. The zero-order chi connectivity index (χ0) is 18.4. The lowest BCUT2D eigenvalue weighted by Gasteiger charge is -2.37. The van der Waals surface area contributed by atoms with Gasteiger partial charge in [-0.2, -0.15) is 0 Å². The van der Waals surface area contributed by atoms with Crippen LogP contribution >= 0.6 is 0 Å². The van der Waals surface area contributed by atoms with Crippen molar-refractivity contribution in [3.05, 3.63) is 17.7 Å². The lowest BCUT2D eigenvalue weighted by atomic mass is 9.74. The highest BCUT2D eigenvalue weighted by Gasteiger charge is 2.37. The van der Waals surface area contributed by atoms with Gasteiger partial charge in [0.15, 0.2) is 0 Å². The van der Waals surface area contributed by atoms with E-state index in [9.17, 15) is 4.79 Å². The summed E-state index contributed by atoms with van der Waals surface area (Å²) in [5.41, 5.74) is 6.80. The average molecular weight is 350 g/mol. The molecule has 6 nitrogen and oxygen atoms in total. The van der Waals surface area contributed by atoms with Gasteiger partial charge < -0.3 is 25.3 Å². The highest BCUT2D eigenvalue weighted by atomic mass is 16.5. The Morgan fingerprint density at radius 3 is 2.36 bits per heavy atom. The number of methoxy groups -OCH3 is 3. The van der Waals surface area contributed by atoms with Crippen molar-refractivity contribution in [1.29, 1.82) is 0 Å². The highest BCUT2D eigenvalue weighted by molar-refractivity contribution is 5.80. The fraction of sp³-hybridized carbons (Fsp3) is 0.632. The molecule has 0 heterocycles. The normalized spacial score (nSPS) is 23.0. The number of nitrogens with two attached hydrogens (primary N) is 1. The quantitative estimate of drug-likeness (QED) is 0.788. The van der Waals surface area contributed by atoms with Crippen LogP contribution in [0.2, 0.25) is 0 Å². The third-order valence-corrected chi connectivity index (χ3v) is 5.06. The molecule has 140 valence electrons. The minimum absolute atomic E-state index is 0.0381. The predicted octanol–water partition coefficient (Wildman–Crippen LogP) is 2.28. The Balaban J connectivity index is 2.02. The van der Waals surface area contributed by atoms with Gasteiger partial charge in [0.25, 0.3) is 0 Å². The van der Waals surface area contributed by atoms with Crippen molar-refractivity contribution in [3.8, 4) is 17.2 Å². The molecular weight excluding hydrogens is 320 g/mol. The second kappa shape index (κ2) is 8.43. The van der Waals surface area contributed by atoms with E-state index in [4.69, 9.17) is 19.9 Å². The van der Waals surface area contributed by atoms with Crippen molar-refractivity contribution in [3.63, 3.8) is 0 Å². The molecule has 1 saturated carbocycles. The fourth-order valence-electron chi connectivity index (χ4n) is 3.55. The highest BCUT2D eigenvalue weighted by Crippen LogP contribution is 2.34. The molecule has 2 atom stereocenters. The summed E-state index contributed by atoms with van der Waals surface area (Å²) in [6.45, 7) is 2.48. The Labute approximate surface area is 150 Å². The summed E-state index contributed by atoms with van der Waals surface area (Å²) in [5, 5.41) is 3.03. The molecule has 0 aromatic heterocycles. The van der Waals surface area contributed by atoms with Gasteiger partial charge in [-0.15, -0.1) is 0 Å². The third-order valence-electron chi connectivity index (χ3n) is 5.06. The van der Waals surface area contributed by atoms with Gasteiger partial charge >= 0.3 is 0 Å². The Bertz CT molecular complexity index is 576. The number of rotatable bonds is 7. The summed E-state index contributed by atoms with van der Waals surface area (Å²) < 4.78 is 16.1. The van der Waals surface area contributed by atoms with Crippen LogP contribution in [0.25, 0.3) is 0 Å². The molecule has 0 saturated heterocycles. The maximum Gasteiger partial charge on any atom is 0.224 e. The van der Waals surface area contributed by atoms with E-state index in [0.717, 1.165) is 31.2 Å². The molecule has 1 aliphatic carbocycles. The molecule has 1 aromatic rings. The second-order valence-electron chi connectivity index (χ2n) is 6.86. The summed E-state index contributed by atoms with van der Waals surface area (Å²) in [5.74, 6) is 1.96. The molecule has 0 aliphatic heterocycles. The number of carbonyl (C=O) groups excluding carboxylic acids is 1. The first-order valence-electron chi connectivity index (χ1n) is 8.78. The van der Waals surface area contributed by atoms with Gasteiger partial charge in [0.2, 0.25) is 5.91 Å². The predicted molar refractivity (Wildman–Crippen MR) is 97.4 cm³/mol. The Hall–Kier alpha value is -1.95. The number of benzene rings is 1. The summed E-state index contributed by atoms with van der Waals surface area (Å²) in [6, 6.07) is 3.63. The largest absolute Gasteiger partial charge is 0.496 e. The third kappa shape index (κ3) is 4.57. The maximum atomic E-state index is 12.5. The van der Waals surface area contributed by atoms with Gasteiger partial charge in [0.1, 0.15) is 17.2 Å². The van der Waals surface area contributed by atoms with Crippen LogP contribution in [0.1, 0.15) is 38.2 Å². The number of ether oxygens (including phenoxy) is 3. The van der Waals surface area contributed by atoms with Gasteiger partial charge in [0.05, 0.1) is 27.2 Å². The molecule has 6 heteroatoms. The lowest BCUT2D eigenvalue weighted by molar-refractivity contribution is -0.128. The molecule has 1 amide bonds. The van der Waals surface area contributed by atoms with E-state index in [1.54, 1.807) is 21.3 Å². The van der Waals surface area contributed by atoms with Crippen LogP contribution in [-0.2, 0) is 11.2 Å². The van der Waals surface area contributed by atoms with Crippen LogP contribution in [0.3, 0.4) is 0 Å². The van der Waals surface area contributed by atoms with Crippen LogP contribution in [0.4, 0.5) is 0 Å². The summed E-state index contributed by atoms with van der Waals surface area (Å²) in [6.07, 6.45) is 4.51. The molecule has 3 N–H and O–H groups in total. The number of amides is 1. The number of nitrogens with one attached hydrogen (secondary N) is 1. The summed E-state index contributed by atoms with van der Waals surface area (Å²) in [4.78, 5) is 12.5. The van der Waals surface area contributed by atoms with Crippen molar-refractivity contribution < 1.29 is 19.0 Å². The first kappa shape index (κ1) is 19.4. The van der Waals surface area contributed by atoms with E-state index in [2.05, 4.69) is 5.32 Å². The Morgan fingerprint density at radius 1 is 1.20 bits per heavy atom. The van der Waals surface area contributed by atoms with Crippen LogP contribution < -0.4 is 25.3 Å². The monoisotopic (exact) mass is 350 g/mol. The van der Waals surface area contributed by atoms with Gasteiger partial charge in [0, 0.05) is 29.8 Å². The Kier molecular flexibility index (Phi) is 6.53. The second-order valence-corrected chi connectivity index (χ2v) is 6.86. The number of hydrogen-bond donors (Lipinski definition) is 2. The molecule has 0 radical (unpaired) electrons. The van der Waals surface area contributed by atoms with Crippen LogP contribution in [-0.4, -0.2) is 39.3 Å². The van der Waals surface area contributed by atoms with E-state index in [0.29, 0.717) is 30.2 Å². The maximum absolute atomic E-state index is 12.5. The van der Waals surface area contributed by atoms with E-state index >= 15 is 0 Å². The smallest absolute Gasteiger partial charge is 0.224 e. The molecule has 1 aromatic carbocycles. The Morgan fingerprint density at radius 2 is 1.84 bits per heavy atom. The average Bonchev–Trinajstić information content (AvgIpc) is 2.60. The molecule has 0 spiro atoms. The number of carbonyl (C=O) groups is 1. The van der Waals surface area contributed by atoms with E-state index in [-0.39, 0.29) is 11.8 Å². The van der Waals surface area contributed by atoms with Gasteiger partial charge in [-0.3, -0.25) is 4.79 Å². The first-order chi connectivity index (χ1) is 11.9. The van der Waals surface area contributed by atoms with E-state index in [1.807, 2.05) is 19.1 Å². The van der Waals surface area contributed by atoms with E-state index in [1.165, 1.54) is 0 Å². The zero-order valence-corrected chi connectivity index (χ0v) is 15.7. The molecule has 2 unspecified atom stereocenters. The van der Waals surface area contributed by atoms with Crippen molar-refractivity contribution in [2.24, 2.45) is 11.7 Å². The molecule has 1 aliphatic rings.